The molecule has 7 heteroatoms. The van der Waals surface area contributed by atoms with Gasteiger partial charge in [0, 0.05) is 5.02 Å². The van der Waals surface area contributed by atoms with Gasteiger partial charge in [-0.2, -0.15) is 0 Å². The van der Waals surface area contributed by atoms with Crippen molar-refractivity contribution in [3.63, 3.8) is 0 Å². The molecule has 0 saturated heterocycles. The molecule has 1 aromatic carbocycles. The van der Waals surface area contributed by atoms with E-state index in [0.29, 0.717) is 0 Å². The van der Waals surface area contributed by atoms with Gasteiger partial charge in [-0.3, -0.25) is 0 Å². The van der Waals surface area contributed by atoms with E-state index >= 15 is 0 Å². The summed E-state index contributed by atoms with van der Waals surface area (Å²) >= 11 is 11.4. The second-order valence-corrected chi connectivity index (χ2v) is 5.18. The van der Waals surface area contributed by atoms with Crippen LogP contribution in [-0.4, -0.2) is 15.5 Å². The van der Waals surface area contributed by atoms with Crippen LogP contribution in [0, 0.1) is 0 Å². The van der Waals surface area contributed by atoms with Crippen LogP contribution in [0.5, 0.6) is 0 Å². The van der Waals surface area contributed by atoms with Crippen molar-refractivity contribution >= 4 is 38.9 Å². The molecule has 0 fully saturated rings. The predicted octanol–water partition coefficient (Wildman–Crippen LogP) is 1.48. The molecule has 0 radical (unpaired) electrons. The van der Waals surface area contributed by atoms with Gasteiger partial charge in [0.05, 0.1) is 10.7 Å². The molecule has 0 bridgehead atoms. The van der Waals surface area contributed by atoms with Crippen LogP contribution >= 0.6 is 23.2 Å². The Labute approximate surface area is 92.1 Å². The number of benzene rings is 1. The van der Waals surface area contributed by atoms with Crippen LogP contribution in [0.2, 0.25) is 10.0 Å². The molecule has 0 aliphatic carbocycles. The fraction of sp³-hybridized carbons (Fsp3) is 0.143. The van der Waals surface area contributed by atoms with Gasteiger partial charge in [-0.25, -0.2) is 13.1 Å². The zero-order chi connectivity index (χ0) is 10.9. The third kappa shape index (κ3) is 2.12. The minimum atomic E-state index is -3.62. The van der Waals surface area contributed by atoms with Crippen molar-refractivity contribution in [1.29, 1.82) is 0 Å². The summed E-state index contributed by atoms with van der Waals surface area (Å²) in [7, 11) is -2.34. The van der Waals surface area contributed by atoms with E-state index in [-0.39, 0.29) is 20.6 Å². The minimum Gasteiger partial charge on any atom is -0.397 e. The second-order valence-electron chi connectivity index (χ2n) is 2.51. The van der Waals surface area contributed by atoms with Gasteiger partial charge >= 0.3 is 0 Å². The lowest BCUT2D eigenvalue weighted by molar-refractivity contribution is 0.588. The van der Waals surface area contributed by atoms with Gasteiger partial charge in [0.15, 0.2) is 0 Å². The molecule has 0 spiro atoms. The molecular formula is C7H8Cl2N2O2S. The summed E-state index contributed by atoms with van der Waals surface area (Å²) in [6.07, 6.45) is 0. The summed E-state index contributed by atoms with van der Waals surface area (Å²) in [6, 6.07) is 2.63. The van der Waals surface area contributed by atoms with Gasteiger partial charge in [-0.05, 0) is 19.2 Å². The number of nitrogens with one attached hydrogen (secondary N) is 1. The molecule has 3 N–H and O–H groups in total. The maximum atomic E-state index is 11.4. The molecule has 0 aliphatic rings. The highest BCUT2D eigenvalue weighted by molar-refractivity contribution is 7.89. The van der Waals surface area contributed by atoms with Crippen LogP contribution in [0.15, 0.2) is 17.0 Å². The average molecular weight is 255 g/mol. The highest BCUT2D eigenvalue weighted by Gasteiger charge is 2.18. The van der Waals surface area contributed by atoms with E-state index in [1.807, 2.05) is 0 Å². The van der Waals surface area contributed by atoms with Crippen LogP contribution in [0.1, 0.15) is 0 Å². The molecule has 0 unspecified atom stereocenters. The van der Waals surface area contributed by atoms with E-state index < -0.39 is 10.0 Å². The number of nitrogens with two attached hydrogens (primary N) is 1. The normalized spacial score (nSPS) is 11.6. The second kappa shape index (κ2) is 3.94. The molecular weight excluding hydrogens is 247 g/mol. The Morgan fingerprint density at radius 2 is 1.93 bits per heavy atom. The number of hydrogen-bond acceptors (Lipinski definition) is 3. The lowest BCUT2D eigenvalue weighted by atomic mass is 10.3. The molecule has 0 aromatic heterocycles. The molecule has 14 heavy (non-hydrogen) atoms. The summed E-state index contributed by atoms with van der Waals surface area (Å²) in [5.74, 6) is 0. The van der Waals surface area contributed by atoms with Gasteiger partial charge in [0.1, 0.15) is 4.90 Å². The van der Waals surface area contributed by atoms with Crippen molar-refractivity contribution in [3.05, 3.63) is 22.2 Å². The Balaban J connectivity index is 3.50. The van der Waals surface area contributed by atoms with Gasteiger partial charge < -0.3 is 5.73 Å². The first-order chi connectivity index (χ1) is 6.38. The summed E-state index contributed by atoms with van der Waals surface area (Å²) < 4.78 is 25.0. The first-order valence-corrected chi connectivity index (χ1v) is 5.80. The minimum absolute atomic E-state index is 0.0243. The summed E-state index contributed by atoms with van der Waals surface area (Å²) in [6.45, 7) is 0. The molecule has 0 atom stereocenters. The van der Waals surface area contributed by atoms with Crippen LogP contribution in [-0.2, 0) is 10.0 Å². The Hall–Kier alpha value is -0.490. The predicted molar refractivity (Wildman–Crippen MR) is 57.1 cm³/mol. The van der Waals surface area contributed by atoms with Crippen molar-refractivity contribution < 1.29 is 8.42 Å². The fourth-order valence-corrected chi connectivity index (χ4v) is 2.45. The topological polar surface area (TPSA) is 72.2 Å². The average Bonchev–Trinajstić information content (AvgIpc) is 2.11. The fourth-order valence-electron chi connectivity index (χ4n) is 0.890. The smallest absolute Gasteiger partial charge is 0.241 e. The third-order valence-corrected chi connectivity index (χ3v) is 3.78. The number of halogens is 2. The van der Waals surface area contributed by atoms with Crippen LogP contribution in [0.4, 0.5) is 5.69 Å². The zero-order valence-corrected chi connectivity index (χ0v) is 9.54. The van der Waals surface area contributed by atoms with Crippen molar-refractivity contribution in [2.24, 2.45) is 0 Å². The third-order valence-electron chi connectivity index (χ3n) is 1.59. The molecule has 1 aromatic rings. The molecule has 0 aliphatic heterocycles. The number of nitrogen functional groups attached to an aromatic ring is 1. The van der Waals surface area contributed by atoms with Crippen LogP contribution in [0.25, 0.3) is 0 Å². The Morgan fingerprint density at radius 3 is 2.43 bits per heavy atom. The lowest BCUT2D eigenvalue weighted by Gasteiger charge is -2.07. The van der Waals surface area contributed by atoms with Crippen LogP contribution in [0.3, 0.4) is 0 Å². The van der Waals surface area contributed by atoms with Gasteiger partial charge in [0.25, 0.3) is 0 Å². The van der Waals surface area contributed by atoms with E-state index in [1.165, 1.54) is 19.2 Å². The lowest BCUT2D eigenvalue weighted by Crippen LogP contribution is -2.19. The van der Waals surface area contributed by atoms with E-state index in [9.17, 15) is 8.42 Å². The Kier molecular flexibility index (Phi) is 3.26. The first kappa shape index (κ1) is 11.6. The van der Waals surface area contributed by atoms with E-state index in [2.05, 4.69) is 4.72 Å². The SMILES string of the molecule is CNS(=O)(=O)c1cc(Cl)cc(N)c1Cl. The van der Waals surface area contributed by atoms with E-state index in [0.717, 1.165) is 0 Å². The van der Waals surface area contributed by atoms with E-state index in [1.54, 1.807) is 0 Å². The molecule has 0 saturated carbocycles. The number of hydrogen-bond donors (Lipinski definition) is 2. The Bertz CT molecular complexity index is 459. The maximum Gasteiger partial charge on any atom is 0.241 e. The molecule has 0 heterocycles. The Morgan fingerprint density at radius 1 is 1.36 bits per heavy atom. The highest BCUT2D eigenvalue weighted by atomic mass is 35.5. The van der Waals surface area contributed by atoms with Gasteiger partial charge in [-0.15, -0.1) is 0 Å². The van der Waals surface area contributed by atoms with Gasteiger partial charge in [-0.1, -0.05) is 23.2 Å². The number of rotatable bonds is 2. The molecule has 4 nitrogen and oxygen atoms in total. The summed E-state index contributed by atoms with van der Waals surface area (Å²) in [4.78, 5) is -0.119. The first-order valence-electron chi connectivity index (χ1n) is 3.56. The zero-order valence-electron chi connectivity index (χ0n) is 7.21. The van der Waals surface area contributed by atoms with E-state index in [4.69, 9.17) is 28.9 Å². The highest BCUT2D eigenvalue weighted by Crippen LogP contribution is 2.30. The monoisotopic (exact) mass is 254 g/mol. The van der Waals surface area contributed by atoms with Crippen molar-refractivity contribution in [2.75, 3.05) is 12.8 Å². The molecule has 0 amide bonds. The molecule has 78 valence electrons. The maximum absolute atomic E-state index is 11.4. The summed E-state index contributed by atoms with van der Waals surface area (Å²) in [5.41, 5.74) is 5.60. The molecule has 1 rings (SSSR count). The quantitative estimate of drug-likeness (QED) is 0.786. The largest absolute Gasteiger partial charge is 0.397 e. The number of anilines is 1. The summed E-state index contributed by atoms with van der Waals surface area (Å²) in [5, 5.41) is 0.199. The van der Waals surface area contributed by atoms with Crippen molar-refractivity contribution in [2.45, 2.75) is 4.90 Å². The standard InChI is InChI=1S/C7H8Cl2N2O2S/c1-11-14(12,13)6-3-4(8)2-5(10)7(6)9/h2-3,11H,10H2,1H3. The van der Waals surface area contributed by atoms with Gasteiger partial charge in [0.2, 0.25) is 10.0 Å². The van der Waals surface area contributed by atoms with Crippen molar-refractivity contribution in [3.8, 4) is 0 Å². The van der Waals surface area contributed by atoms with Crippen molar-refractivity contribution in [1.82, 2.24) is 4.72 Å². The van der Waals surface area contributed by atoms with Crippen LogP contribution < -0.4 is 10.5 Å². The number of sulfonamides is 1.